The van der Waals surface area contributed by atoms with E-state index in [1.54, 1.807) is 0 Å². The van der Waals surface area contributed by atoms with Crippen LogP contribution < -0.4 is 5.32 Å². The Labute approximate surface area is 107 Å². The maximum atomic E-state index is 5.45. The molecule has 1 aliphatic rings. The van der Waals surface area contributed by atoms with Gasteiger partial charge in [0.15, 0.2) is 0 Å². The van der Waals surface area contributed by atoms with Gasteiger partial charge in [-0.25, -0.2) is 0 Å². The zero-order valence-electron chi connectivity index (χ0n) is 12.3. The van der Waals surface area contributed by atoms with Crippen LogP contribution in [-0.4, -0.2) is 50.8 Å². The van der Waals surface area contributed by atoms with Crippen molar-refractivity contribution in [3.8, 4) is 0 Å². The van der Waals surface area contributed by atoms with E-state index in [0.717, 1.165) is 19.8 Å². The van der Waals surface area contributed by atoms with E-state index in [9.17, 15) is 0 Å². The van der Waals surface area contributed by atoms with Crippen molar-refractivity contribution < 1.29 is 4.74 Å². The zero-order valence-corrected chi connectivity index (χ0v) is 12.3. The van der Waals surface area contributed by atoms with Crippen LogP contribution in [0.15, 0.2) is 0 Å². The highest BCUT2D eigenvalue weighted by atomic mass is 16.5. The molecule has 0 heterocycles. The van der Waals surface area contributed by atoms with E-state index in [0.29, 0.717) is 17.5 Å². The summed E-state index contributed by atoms with van der Waals surface area (Å²) in [5.41, 5.74) is 0.484. The van der Waals surface area contributed by atoms with Gasteiger partial charge in [0.05, 0.1) is 6.61 Å². The first-order valence-corrected chi connectivity index (χ1v) is 6.95. The van der Waals surface area contributed by atoms with E-state index in [1.165, 1.54) is 19.3 Å². The van der Waals surface area contributed by atoms with Crippen LogP contribution in [0, 0.1) is 5.41 Å². The second kappa shape index (κ2) is 6.72. The predicted octanol–water partition coefficient (Wildman–Crippen LogP) is 2.12. The summed E-state index contributed by atoms with van der Waals surface area (Å²) >= 11 is 0. The molecule has 0 aromatic carbocycles. The molecular weight excluding hydrogens is 212 g/mol. The fourth-order valence-electron chi connectivity index (χ4n) is 2.87. The Balaban J connectivity index is 2.50. The average molecular weight is 242 g/mol. The predicted molar refractivity (Wildman–Crippen MR) is 73.4 cm³/mol. The van der Waals surface area contributed by atoms with E-state index in [1.807, 2.05) is 0 Å². The highest BCUT2D eigenvalue weighted by Crippen LogP contribution is 2.37. The van der Waals surface area contributed by atoms with Crippen molar-refractivity contribution in [3.63, 3.8) is 0 Å². The molecule has 3 heteroatoms. The summed E-state index contributed by atoms with van der Waals surface area (Å²) in [6.07, 6.45) is 3.89. The smallest absolute Gasteiger partial charge is 0.0593 e. The Morgan fingerprint density at radius 1 is 1.41 bits per heavy atom. The van der Waals surface area contributed by atoms with E-state index in [2.05, 4.69) is 45.1 Å². The molecule has 0 aliphatic heterocycles. The van der Waals surface area contributed by atoms with Crippen LogP contribution >= 0.6 is 0 Å². The van der Waals surface area contributed by atoms with Gasteiger partial charge in [0.25, 0.3) is 0 Å². The SMILES string of the molecule is CCOCCN(C)C1CC(C)(C)CCC1NC. The van der Waals surface area contributed by atoms with Gasteiger partial charge in [-0.1, -0.05) is 13.8 Å². The Morgan fingerprint density at radius 2 is 2.12 bits per heavy atom. The molecular formula is C14H30N2O. The first-order chi connectivity index (χ1) is 8.00. The Hall–Kier alpha value is -0.120. The van der Waals surface area contributed by atoms with Gasteiger partial charge in [0.1, 0.15) is 0 Å². The van der Waals surface area contributed by atoms with Crippen LogP contribution in [-0.2, 0) is 4.74 Å². The van der Waals surface area contributed by atoms with Gasteiger partial charge in [-0.15, -0.1) is 0 Å². The number of ether oxygens (including phenoxy) is 1. The zero-order chi connectivity index (χ0) is 12.9. The number of likely N-dealkylation sites (N-methyl/N-ethyl adjacent to an activating group) is 2. The molecule has 0 aromatic heterocycles. The Bertz CT molecular complexity index is 218. The third-order valence-corrected chi connectivity index (χ3v) is 4.09. The summed E-state index contributed by atoms with van der Waals surface area (Å²) in [4.78, 5) is 2.47. The van der Waals surface area contributed by atoms with Crippen LogP contribution in [0.4, 0.5) is 0 Å². The molecule has 0 bridgehead atoms. The number of nitrogens with zero attached hydrogens (tertiary/aromatic N) is 1. The first kappa shape index (κ1) is 14.9. The molecule has 1 aliphatic carbocycles. The van der Waals surface area contributed by atoms with Gasteiger partial charge in [-0.2, -0.15) is 0 Å². The molecule has 102 valence electrons. The molecule has 1 N–H and O–H groups in total. The quantitative estimate of drug-likeness (QED) is 0.722. The fourth-order valence-corrected chi connectivity index (χ4v) is 2.87. The van der Waals surface area contributed by atoms with E-state index < -0.39 is 0 Å². The van der Waals surface area contributed by atoms with Gasteiger partial charge in [-0.3, -0.25) is 4.90 Å². The van der Waals surface area contributed by atoms with E-state index in [-0.39, 0.29) is 0 Å². The molecule has 3 nitrogen and oxygen atoms in total. The van der Waals surface area contributed by atoms with Crippen LogP contribution in [0.2, 0.25) is 0 Å². The minimum atomic E-state index is 0.484. The molecule has 17 heavy (non-hydrogen) atoms. The second-order valence-corrected chi connectivity index (χ2v) is 6.05. The van der Waals surface area contributed by atoms with Crippen molar-refractivity contribution in [2.75, 3.05) is 33.9 Å². The molecule has 2 unspecified atom stereocenters. The topological polar surface area (TPSA) is 24.5 Å². The third kappa shape index (κ3) is 4.57. The maximum absolute atomic E-state index is 5.45. The lowest BCUT2D eigenvalue weighted by atomic mass is 9.72. The molecule has 0 saturated heterocycles. The van der Waals surface area contributed by atoms with Gasteiger partial charge in [0, 0.05) is 25.2 Å². The Kier molecular flexibility index (Phi) is 5.90. The summed E-state index contributed by atoms with van der Waals surface area (Å²) in [5.74, 6) is 0. The van der Waals surface area contributed by atoms with Crippen molar-refractivity contribution in [2.45, 2.75) is 52.1 Å². The van der Waals surface area contributed by atoms with Crippen LogP contribution in [0.25, 0.3) is 0 Å². The molecule has 1 fully saturated rings. The fraction of sp³-hybridized carbons (Fsp3) is 1.00. The van der Waals surface area contributed by atoms with Gasteiger partial charge >= 0.3 is 0 Å². The molecule has 0 spiro atoms. The van der Waals surface area contributed by atoms with Crippen molar-refractivity contribution >= 4 is 0 Å². The number of nitrogens with one attached hydrogen (secondary N) is 1. The molecule has 0 radical (unpaired) electrons. The third-order valence-electron chi connectivity index (χ3n) is 4.09. The molecule has 1 rings (SSSR count). The normalized spacial score (nSPS) is 28.6. The Morgan fingerprint density at radius 3 is 2.71 bits per heavy atom. The highest BCUT2D eigenvalue weighted by Gasteiger charge is 2.35. The van der Waals surface area contributed by atoms with Crippen LogP contribution in [0.5, 0.6) is 0 Å². The minimum absolute atomic E-state index is 0.484. The minimum Gasteiger partial charge on any atom is -0.380 e. The van der Waals surface area contributed by atoms with Crippen molar-refractivity contribution in [3.05, 3.63) is 0 Å². The maximum Gasteiger partial charge on any atom is 0.0593 e. The lowest BCUT2D eigenvalue weighted by molar-refractivity contribution is 0.0556. The number of hydrogen-bond acceptors (Lipinski definition) is 3. The van der Waals surface area contributed by atoms with E-state index in [4.69, 9.17) is 4.74 Å². The molecule has 2 atom stereocenters. The second-order valence-electron chi connectivity index (χ2n) is 6.05. The standard InChI is InChI=1S/C14H30N2O/c1-6-17-10-9-16(5)13-11-14(2,3)8-7-12(13)15-4/h12-13,15H,6-11H2,1-5H3. The number of rotatable bonds is 6. The van der Waals surface area contributed by atoms with Gasteiger partial charge in [-0.05, 0) is 45.7 Å². The van der Waals surface area contributed by atoms with Crippen molar-refractivity contribution in [1.29, 1.82) is 0 Å². The van der Waals surface area contributed by atoms with Crippen molar-refractivity contribution in [2.24, 2.45) is 5.41 Å². The number of hydrogen-bond donors (Lipinski definition) is 1. The first-order valence-electron chi connectivity index (χ1n) is 6.95. The largest absolute Gasteiger partial charge is 0.380 e. The molecule has 0 amide bonds. The molecule has 0 aromatic rings. The van der Waals surface area contributed by atoms with Gasteiger partial charge < -0.3 is 10.1 Å². The average Bonchev–Trinajstić information content (AvgIpc) is 2.28. The molecule has 1 saturated carbocycles. The summed E-state index contributed by atoms with van der Waals surface area (Å²) in [6.45, 7) is 9.54. The summed E-state index contributed by atoms with van der Waals surface area (Å²) in [7, 11) is 4.32. The lowest BCUT2D eigenvalue weighted by Gasteiger charge is -2.44. The summed E-state index contributed by atoms with van der Waals surface area (Å²) in [5, 5.41) is 3.48. The van der Waals surface area contributed by atoms with Crippen LogP contribution in [0.3, 0.4) is 0 Å². The van der Waals surface area contributed by atoms with Crippen molar-refractivity contribution in [1.82, 2.24) is 10.2 Å². The van der Waals surface area contributed by atoms with Gasteiger partial charge in [0.2, 0.25) is 0 Å². The van der Waals surface area contributed by atoms with Crippen LogP contribution in [0.1, 0.15) is 40.0 Å². The van der Waals surface area contributed by atoms with E-state index >= 15 is 0 Å². The summed E-state index contributed by atoms with van der Waals surface area (Å²) in [6, 6.07) is 1.28. The highest BCUT2D eigenvalue weighted by molar-refractivity contribution is 4.93. The lowest BCUT2D eigenvalue weighted by Crippen LogP contribution is -2.53. The monoisotopic (exact) mass is 242 g/mol. The summed E-state index contributed by atoms with van der Waals surface area (Å²) < 4.78 is 5.45.